The van der Waals surface area contributed by atoms with Crippen LogP contribution in [0.25, 0.3) is 11.4 Å². The Morgan fingerprint density at radius 1 is 1.10 bits per heavy atom. The lowest BCUT2D eigenvalue weighted by atomic mass is 10.1. The first-order valence-corrected chi connectivity index (χ1v) is 6.83. The van der Waals surface area contributed by atoms with Crippen molar-refractivity contribution in [3.05, 3.63) is 39.8 Å². The van der Waals surface area contributed by atoms with Gasteiger partial charge in [0.25, 0.3) is 5.56 Å². The third-order valence-corrected chi connectivity index (χ3v) is 3.76. The molecule has 5 nitrogen and oxygen atoms in total. The highest BCUT2D eigenvalue weighted by atomic mass is 16.6. The number of benzene rings is 1. The number of ether oxygens (including phenoxy) is 2. The fraction of sp³-hybridized carbons (Fsp3) is 0.333. The first-order valence-electron chi connectivity index (χ1n) is 6.83. The minimum absolute atomic E-state index is 0.0163. The average Bonchev–Trinajstić information content (AvgIpc) is 2.96. The summed E-state index contributed by atoms with van der Waals surface area (Å²) in [6.07, 6.45) is 2.73. The van der Waals surface area contributed by atoms with Crippen LogP contribution in [0.2, 0.25) is 0 Å². The monoisotopic (exact) mass is 270 g/mol. The van der Waals surface area contributed by atoms with E-state index in [-0.39, 0.29) is 5.56 Å². The van der Waals surface area contributed by atoms with Crippen LogP contribution in [0.4, 0.5) is 0 Å². The Morgan fingerprint density at radius 2 is 1.95 bits per heavy atom. The Bertz CT molecular complexity index is 736. The molecule has 4 rings (SSSR count). The maximum Gasteiger partial charge on any atom is 0.254 e. The lowest BCUT2D eigenvalue weighted by molar-refractivity contribution is 0.171. The number of aromatic nitrogens is 2. The number of H-pyrrole nitrogens is 1. The normalized spacial score (nSPS) is 16.0. The second kappa shape index (κ2) is 4.37. The molecule has 0 unspecified atom stereocenters. The first kappa shape index (κ1) is 11.5. The van der Waals surface area contributed by atoms with Crippen LogP contribution < -0.4 is 15.0 Å². The molecule has 0 radical (unpaired) electrons. The minimum Gasteiger partial charge on any atom is -0.486 e. The zero-order chi connectivity index (χ0) is 13.5. The molecule has 0 fully saturated rings. The molecule has 2 aromatic rings. The van der Waals surface area contributed by atoms with Crippen molar-refractivity contribution in [3.63, 3.8) is 0 Å². The largest absolute Gasteiger partial charge is 0.486 e. The number of hydrogen-bond donors (Lipinski definition) is 1. The maximum absolute atomic E-state index is 12.0. The molecule has 1 aromatic carbocycles. The molecule has 2 heterocycles. The SMILES string of the molecule is O=c1[nH]c(-c2ccc3c(c2)OCCO3)nc2c1CCC2. The van der Waals surface area contributed by atoms with Gasteiger partial charge < -0.3 is 14.5 Å². The van der Waals surface area contributed by atoms with Gasteiger partial charge in [0.15, 0.2) is 11.5 Å². The van der Waals surface area contributed by atoms with Gasteiger partial charge in [0.1, 0.15) is 19.0 Å². The van der Waals surface area contributed by atoms with Crippen molar-refractivity contribution in [2.24, 2.45) is 0 Å². The molecule has 0 atom stereocenters. The highest BCUT2D eigenvalue weighted by Crippen LogP contribution is 2.33. The van der Waals surface area contributed by atoms with Crippen molar-refractivity contribution in [3.8, 4) is 22.9 Å². The molecule has 1 N–H and O–H groups in total. The predicted molar refractivity (Wildman–Crippen MR) is 73.3 cm³/mol. The summed E-state index contributed by atoms with van der Waals surface area (Å²) in [7, 11) is 0. The van der Waals surface area contributed by atoms with E-state index in [2.05, 4.69) is 9.97 Å². The minimum atomic E-state index is -0.0163. The number of rotatable bonds is 1. The number of hydrogen-bond acceptors (Lipinski definition) is 4. The van der Waals surface area contributed by atoms with Crippen LogP contribution >= 0.6 is 0 Å². The van der Waals surface area contributed by atoms with E-state index >= 15 is 0 Å². The molecule has 0 amide bonds. The molecule has 102 valence electrons. The maximum atomic E-state index is 12.0. The standard InChI is InChI=1S/C15H14N2O3/c18-15-10-2-1-3-11(10)16-14(17-15)9-4-5-12-13(8-9)20-7-6-19-12/h4-5,8H,1-3,6-7H2,(H,16,17,18). The Kier molecular flexibility index (Phi) is 2.52. The lowest BCUT2D eigenvalue weighted by Crippen LogP contribution is -2.16. The summed E-state index contributed by atoms with van der Waals surface area (Å²) in [4.78, 5) is 19.5. The van der Waals surface area contributed by atoms with Gasteiger partial charge >= 0.3 is 0 Å². The third-order valence-electron chi connectivity index (χ3n) is 3.76. The van der Waals surface area contributed by atoms with Gasteiger partial charge in [-0.05, 0) is 37.5 Å². The van der Waals surface area contributed by atoms with Crippen LogP contribution in [-0.2, 0) is 12.8 Å². The van der Waals surface area contributed by atoms with Crippen molar-refractivity contribution in [2.45, 2.75) is 19.3 Å². The van der Waals surface area contributed by atoms with Crippen LogP contribution in [0, 0.1) is 0 Å². The number of nitrogens with zero attached hydrogens (tertiary/aromatic N) is 1. The van der Waals surface area contributed by atoms with Crippen LogP contribution in [0.5, 0.6) is 11.5 Å². The van der Waals surface area contributed by atoms with Gasteiger partial charge in [-0.1, -0.05) is 0 Å². The van der Waals surface area contributed by atoms with Gasteiger partial charge in [-0.2, -0.15) is 0 Å². The number of fused-ring (bicyclic) bond motifs is 2. The van der Waals surface area contributed by atoms with Gasteiger partial charge in [-0.25, -0.2) is 4.98 Å². The van der Waals surface area contributed by atoms with Crippen LogP contribution in [0.15, 0.2) is 23.0 Å². The van der Waals surface area contributed by atoms with E-state index in [0.29, 0.717) is 24.8 Å². The Morgan fingerprint density at radius 3 is 2.85 bits per heavy atom. The van der Waals surface area contributed by atoms with Crippen molar-refractivity contribution < 1.29 is 9.47 Å². The van der Waals surface area contributed by atoms with E-state index in [1.165, 1.54) is 0 Å². The second-order valence-electron chi connectivity index (χ2n) is 5.05. The fourth-order valence-electron chi connectivity index (χ4n) is 2.77. The number of nitrogens with one attached hydrogen (secondary N) is 1. The smallest absolute Gasteiger partial charge is 0.254 e. The van der Waals surface area contributed by atoms with E-state index in [0.717, 1.165) is 41.8 Å². The summed E-state index contributed by atoms with van der Waals surface area (Å²) in [5.74, 6) is 2.05. The van der Waals surface area contributed by atoms with Crippen LogP contribution in [-0.4, -0.2) is 23.2 Å². The van der Waals surface area contributed by atoms with E-state index in [1.54, 1.807) is 0 Å². The Hall–Kier alpha value is -2.30. The Balaban J connectivity index is 1.81. The van der Waals surface area contributed by atoms with Crippen molar-refractivity contribution in [1.29, 1.82) is 0 Å². The summed E-state index contributed by atoms with van der Waals surface area (Å²) in [5, 5.41) is 0. The topological polar surface area (TPSA) is 64.2 Å². The van der Waals surface area contributed by atoms with E-state index in [9.17, 15) is 4.79 Å². The lowest BCUT2D eigenvalue weighted by Gasteiger charge is -2.18. The third kappa shape index (κ3) is 1.78. The summed E-state index contributed by atoms with van der Waals surface area (Å²) in [6.45, 7) is 1.12. The van der Waals surface area contributed by atoms with Crippen molar-refractivity contribution >= 4 is 0 Å². The van der Waals surface area contributed by atoms with Crippen molar-refractivity contribution in [1.82, 2.24) is 9.97 Å². The first-order chi connectivity index (χ1) is 9.81. The summed E-state index contributed by atoms with van der Waals surface area (Å²) >= 11 is 0. The van der Waals surface area contributed by atoms with Gasteiger partial charge in [0.2, 0.25) is 0 Å². The van der Waals surface area contributed by atoms with E-state index in [4.69, 9.17) is 9.47 Å². The molecule has 5 heteroatoms. The zero-order valence-electron chi connectivity index (χ0n) is 10.9. The number of aromatic amines is 1. The highest BCUT2D eigenvalue weighted by Gasteiger charge is 2.19. The fourth-order valence-corrected chi connectivity index (χ4v) is 2.77. The van der Waals surface area contributed by atoms with E-state index in [1.807, 2.05) is 18.2 Å². The highest BCUT2D eigenvalue weighted by molar-refractivity contribution is 5.61. The molecule has 1 aromatic heterocycles. The second-order valence-corrected chi connectivity index (χ2v) is 5.05. The predicted octanol–water partition coefficient (Wildman–Crippen LogP) is 1.70. The number of aryl methyl sites for hydroxylation is 1. The van der Waals surface area contributed by atoms with Gasteiger partial charge in [-0.15, -0.1) is 0 Å². The molecule has 0 saturated carbocycles. The molecule has 0 bridgehead atoms. The summed E-state index contributed by atoms with van der Waals surface area (Å²) in [5.41, 5.74) is 2.60. The molecule has 20 heavy (non-hydrogen) atoms. The van der Waals surface area contributed by atoms with E-state index < -0.39 is 0 Å². The molecule has 1 aliphatic heterocycles. The molecule has 1 aliphatic carbocycles. The van der Waals surface area contributed by atoms with Crippen LogP contribution in [0.1, 0.15) is 17.7 Å². The summed E-state index contributed by atoms with van der Waals surface area (Å²) in [6, 6.07) is 5.62. The van der Waals surface area contributed by atoms with Crippen LogP contribution in [0.3, 0.4) is 0 Å². The van der Waals surface area contributed by atoms with Gasteiger partial charge in [-0.3, -0.25) is 4.79 Å². The quantitative estimate of drug-likeness (QED) is 0.856. The Labute approximate surface area is 115 Å². The van der Waals surface area contributed by atoms with Gasteiger partial charge in [0, 0.05) is 11.1 Å². The molecule has 2 aliphatic rings. The molecular weight excluding hydrogens is 256 g/mol. The van der Waals surface area contributed by atoms with Gasteiger partial charge in [0.05, 0.1) is 5.69 Å². The zero-order valence-corrected chi connectivity index (χ0v) is 10.9. The molecular formula is C15H14N2O3. The summed E-state index contributed by atoms with van der Waals surface area (Å²) < 4.78 is 11.1. The molecule has 0 saturated heterocycles. The van der Waals surface area contributed by atoms with Crippen molar-refractivity contribution in [2.75, 3.05) is 13.2 Å². The molecule has 0 spiro atoms. The average molecular weight is 270 g/mol.